The first-order valence-corrected chi connectivity index (χ1v) is 6.05. The fourth-order valence-corrected chi connectivity index (χ4v) is 1.58. The first-order chi connectivity index (χ1) is 10.0. The average Bonchev–Trinajstić information content (AvgIpc) is 2.86. The van der Waals surface area contributed by atoms with E-state index >= 15 is 0 Å². The van der Waals surface area contributed by atoms with Crippen LogP contribution in [0.5, 0.6) is 6.01 Å². The smallest absolute Gasteiger partial charge is 0.337 e. The van der Waals surface area contributed by atoms with E-state index in [0.29, 0.717) is 6.61 Å². The largest absolute Gasteiger partial charge is 0.463 e. The summed E-state index contributed by atoms with van der Waals surface area (Å²) in [4.78, 5) is 29.6. The second-order valence-electron chi connectivity index (χ2n) is 3.64. The minimum atomic E-state index is -0.773. The number of nitrogens with one attached hydrogen (secondary N) is 2. The standard InChI is InChI=1S/C10H9ClN6O4/c1-2-21-10-14-9(15-16-10)13-8(18)5-3-7(11)12-4-6(5)17(19)20/h3-4H,2H2,1H3,(H2,13,14,15,16,18). The maximum Gasteiger partial charge on any atom is 0.337 e. The third-order valence-electron chi connectivity index (χ3n) is 2.26. The highest BCUT2D eigenvalue weighted by Gasteiger charge is 2.22. The maximum atomic E-state index is 12.0. The van der Waals surface area contributed by atoms with E-state index in [1.165, 1.54) is 0 Å². The lowest BCUT2D eigenvalue weighted by Crippen LogP contribution is -2.15. The van der Waals surface area contributed by atoms with Gasteiger partial charge in [0.25, 0.3) is 11.6 Å². The van der Waals surface area contributed by atoms with Crippen LogP contribution in [0.25, 0.3) is 0 Å². The third kappa shape index (κ3) is 3.42. The van der Waals surface area contributed by atoms with E-state index in [2.05, 4.69) is 25.5 Å². The van der Waals surface area contributed by atoms with Crippen LogP contribution >= 0.6 is 11.6 Å². The maximum absolute atomic E-state index is 12.0. The lowest BCUT2D eigenvalue weighted by atomic mass is 10.2. The molecule has 21 heavy (non-hydrogen) atoms. The summed E-state index contributed by atoms with van der Waals surface area (Å²) in [6.07, 6.45) is 0.906. The predicted molar refractivity (Wildman–Crippen MR) is 71.4 cm³/mol. The van der Waals surface area contributed by atoms with Crippen molar-refractivity contribution >= 4 is 29.1 Å². The number of carbonyl (C=O) groups excluding carboxylic acids is 1. The summed E-state index contributed by atoms with van der Waals surface area (Å²) in [5, 5.41) is 19.2. The lowest BCUT2D eigenvalue weighted by molar-refractivity contribution is -0.385. The summed E-state index contributed by atoms with van der Waals surface area (Å²) in [5.74, 6) is -0.782. The molecule has 10 nitrogen and oxygen atoms in total. The molecule has 2 heterocycles. The van der Waals surface area contributed by atoms with Crippen LogP contribution in [0.4, 0.5) is 11.6 Å². The summed E-state index contributed by atoms with van der Waals surface area (Å²) in [6, 6.07) is 1.14. The Morgan fingerprint density at radius 3 is 3.05 bits per heavy atom. The predicted octanol–water partition coefficient (Wildman–Crippen LogP) is 1.41. The van der Waals surface area contributed by atoms with Crippen molar-refractivity contribution < 1.29 is 14.5 Å². The van der Waals surface area contributed by atoms with Crippen molar-refractivity contribution in [2.24, 2.45) is 0 Å². The van der Waals surface area contributed by atoms with E-state index in [1.807, 2.05) is 0 Å². The van der Waals surface area contributed by atoms with E-state index in [9.17, 15) is 14.9 Å². The molecule has 11 heteroatoms. The number of nitro groups is 1. The zero-order chi connectivity index (χ0) is 15.4. The molecule has 0 aliphatic carbocycles. The van der Waals surface area contributed by atoms with Crippen molar-refractivity contribution in [2.75, 3.05) is 11.9 Å². The van der Waals surface area contributed by atoms with Crippen molar-refractivity contribution in [2.45, 2.75) is 6.92 Å². The van der Waals surface area contributed by atoms with Gasteiger partial charge in [-0.3, -0.25) is 20.2 Å². The van der Waals surface area contributed by atoms with Gasteiger partial charge in [-0.25, -0.2) is 10.1 Å². The number of anilines is 1. The number of hydrogen-bond donors (Lipinski definition) is 2. The lowest BCUT2D eigenvalue weighted by Gasteiger charge is -2.02. The van der Waals surface area contributed by atoms with Crippen LogP contribution in [0.1, 0.15) is 17.3 Å². The van der Waals surface area contributed by atoms with Crippen LogP contribution in [0, 0.1) is 10.1 Å². The quantitative estimate of drug-likeness (QED) is 0.484. The summed E-state index contributed by atoms with van der Waals surface area (Å²) in [7, 11) is 0. The van der Waals surface area contributed by atoms with Gasteiger partial charge in [-0.2, -0.15) is 4.98 Å². The molecule has 0 radical (unpaired) electrons. The molecule has 0 aromatic carbocycles. The molecular weight excluding hydrogens is 304 g/mol. The number of aromatic amines is 1. The summed E-state index contributed by atoms with van der Waals surface area (Å²) < 4.78 is 5.01. The first kappa shape index (κ1) is 14.7. The van der Waals surface area contributed by atoms with Crippen molar-refractivity contribution in [3.8, 4) is 6.01 Å². The van der Waals surface area contributed by atoms with E-state index in [0.717, 1.165) is 12.3 Å². The number of nitrogens with zero attached hydrogens (tertiary/aromatic N) is 4. The number of ether oxygens (including phenoxy) is 1. The summed E-state index contributed by atoms with van der Waals surface area (Å²) in [5.41, 5.74) is -0.712. The molecule has 2 rings (SSSR count). The number of rotatable bonds is 5. The summed E-state index contributed by atoms with van der Waals surface area (Å²) in [6.45, 7) is 2.10. The number of H-pyrrole nitrogens is 1. The Hall–Kier alpha value is -2.75. The van der Waals surface area contributed by atoms with Crippen molar-refractivity contribution in [1.82, 2.24) is 20.2 Å². The Morgan fingerprint density at radius 2 is 2.38 bits per heavy atom. The molecule has 0 bridgehead atoms. The van der Waals surface area contributed by atoms with E-state index < -0.39 is 16.5 Å². The first-order valence-electron chi connectivity index (χ1n) is 5.67. The number of halogens is 1. The number of amides is 1. The number of carbonyl (C=O) groups is 1. The monoisotopic (exact) mass is 312 g/mol. The zero-order valence-corrected chi connectivity index (χ0v) is 11.4. The van der Waals surface area contributed by atoms with Crippen LogP contribution in [0.2, 0.25) is 5.15 Å². The molecule has 2 aromatic rings. The van der Waals surface area contributed by atoms with Crippen LogP contribution in [0.3, 0.4) is 0 Å². The molecule has 0 atom stereocenters. The van der Waals surface area contributed by atoms with Crippen LogP contribution in [-0.4, -0.2) is 37.6 Å². The second-order valence-corrected chi connectivity index (χ2v) is 4.02. The molecule has 110 valence electrons. The highest BCUT2D eigenvalue weighted by Crippen LogP contribution is 2.21. The van der Waals surface area contributed by atoms with Gasteiger partial charge in [-0.15, -0.1) is 5.10 Å². The van der Waals surface area contributed by atoms with Crippen molar-refractivity contribution in [3.63, 3.8) is 0 Å². The molecule has 0 aliphatic rings. The fourth-order valence-electron chi connectivity index (χ4n) is 1.42. The Labute approximate surface area is 122 Å². The van der Waals surface area contributed by atoms with Gasteiger partial charge in [0.2, 0.25) is 5.95 Å². The van der Waals surface area contributed by atoms with Crippen molar-refractivity contribution in [1.29, 1.82) is 0 Å². The van der Waals surface area contributed by atoms with Gasteiger partial charge in [0.15, 0.2) is 0 Å². The van der Waals surface area contributed by atoms with E-state index in [4.69, 9.17) is 16.3 Å². The van der Waals surface area contributed by atoms with E-state index in [1.54, 1.807) is 6.92 Å². The number of hydrogen-bond acceptors (Lipinski definition) is 7. The molecule has 2 N–H and O–H groups in total. The molecular formula is C10H9ClN6O4. The highest BCUT2D eigenvalue weighted by molar-refractivity contribution is 6.30. The Kier molecular flexibility index (Phi) is 4.28. The minimum absolute atomic E-state index is 0.00863. The van der Waals surface area contributed by atoms with Gasteiger partial charge in [-0.1, -0.05) is 11.6 Å². The van der Waals surface area contributed by atoms with Gasteiger partial charge >= 0.3 is 6.01 Å². The number of pyridine rings is 1. The Balaban J connectivity index is 2.23. The molecule has 0 saturated carbocycles. The van der Waals surface area contributed by atoms with Gasteiger partial charge < -0.3 is 4.74 Å². The second kappa shape index (κ2) is 6.13. The number of aromatic nitrogens is 4. The normalized spacial score (nSPS) is 10.2. The molecule has 0 unspecified atom stereocenters. The topological polar surface area (TPSA) is 136 Å². The van der Waals surface area contributed by atoms with Crippen LogP contribution in [0.15, 0.2) is 12.3 Å². The minimum Gasteiger partial charge on any atom is -0.463 e. The average molecular weight is 313 g/mol. The summed E-state index contributed by atoms with van der Waals surface area (Å²) >= 11 is 5.64. The van der Waals surface area contributed by atoms with Crippen LogP contribution < -0.4 is 10.1 Å². The SMILES string of the molecule is CCOc1n[nH]c(NC(=O)c2cc(Cl)ncc2[N+](=O)[O-])n1. The third-order valence-corrected chi connectivity index (χ3v) is 2.47. The molecule has 0 aliphatic heterocycles. The molecule has 0 spiro atoms. The van der Waals surface area contributed by atoms with Gasteiger partial charge in [0.1, 0.15) is 16.9 Å². The van der Waals surface area contributed by atoms with Crippen molar-refractivity contribution in [3.05, 3.63) is 33.1 Å². The molecule has 0 saturated heterocycles. The molecule has 0 fully saturated rings. The van der Waals surface area contributed by atoms with E-state index in [-0.39, 0.29) is 22.7 Å². The highest BCUT2D eigenvalue weighted by atomic mass is 35.5. The van der Waals surface area contributed by atoms with Gasteiger partial charge in [-0.05, 0) is 13.0 Å². The van der Waals surface area contributed by atoms with Crippen LogP contribution in [-0.2, 0) is 0 Å². The zero-order valence-electron chi connectivity index (χ0n) is 10.7. The molecule has 2 aromatic heterocycles. The fraction of sp³-hybridized carbons (Fsp3) is 0.200. The molecule has 1 amide bonds. The van der Waals surface area contributed by atoms with Gasteiger partial charge in [0.05, 0.1) is 11.5 Å². The Bertz CT molecular complexity index is 688. The van der Waals surface area contributed by atoms with Gasteiger partial charge in [0, 0.05) is 0 Å². The Morgan fingerprint density at radius 1 is 1.62 bits per heavy atom.